The summed E-state index contributed by atoms with van der Waals surface area (Å²) in [6.07, 6.45) is 6.33. The largest absolute Gasteiger partial charge is 0.384 e. The van der Waals surface area contributed by atoms with Crippen molar-refractivity contribution in [2.24, 2.45) is 17.8 Å². The molecule has 0 radical (unpaired) electrons. The maximum absolute atomic E-state index is 11.8. The molecule has 2 fully saturated rings. The highest BCUT2D eigenvalue weighted by Gasteiger charge is 2.39. The molecule has 1 aromatic heterocycles. The first-order chi connectivity index (χ1) is 12.6. The lowest BCUT2D eigenvalue weighted by Crippen LogP contribution is -2.43. The Bertz CT molecular complexity index is 685. The van der Waals surface area contributed by atoms with Crippen LogP contribution in [0, 0.1) is 17.8 Å². The van der Waals surface area contributed by atoms with Crippen LogP contribution >= 0.6 is 11.3 Å². The second-order valence-electron chi connectivity index (χ2n) is 8.56. The van der Waals surface area contributed by atoms with Gasteiger partial charge in [-0.25, -0.2) is 0 Å². The van der Waals surface area contributed by atoms with Crippen LogP contribution in [0.15, 0.2) is 47.8 Å². The van der Waals surface area contributed by atoms with E-state index in [0.717, 1.165) is 23.3 Å². The van der Waals surface area contributed by atoms with E-state index in [9.17, 15) is 5.11 Å². The smallest absolute Gasteiger partial charge is 0.106 e. The normalized spacial score (nSPS) is 27.0. The van der Waals surface area contributed by atoms with Gasteiger partial charge in [-0.15, -0.1) is 11.3 Å². The monoisotopic (exact) mass is 369 g/mol. The maximum Gasteiger partial charge on any atom is 0.106 e. The fourth-order valence-corrected chi connectivity index (χ4v) is 6.01. The van der Waals surface area contributed by atoms with E-state index in [1.54, 1.807) is 11.3 Å². The summed E-state index contributed by atoms with van der Waals surface area (Å²) in [6.45, 7) is 5.67. The van der Waals surface area contributed by atoms with E-state index >= 15 is 0 Å². The van der Waals surface area contributed by atoms with Gasteiger partial charge in [-0.05, 0) is 54.7 Å². The van der Waals surface area contributed by atoms with E-state index in [4.69, 9.17) is 0 Å². The average Bonchev–Trinajstić information content (AvgIpc) is 3.28. The molecule has 4 unspecified atom stereocenters. The van der Waals surface area contributed by atoms with Gasteiger partial charge in [-0.3, -0.25) is 0 Å². The Kier molecular flexibility index (Phi) is 5.49. The fraction of sp³-hybridized carbons (Fsp3) is 0.565. The van der Waals surface area contributed by atoms with Crippen LogP contribution in [0.4, 0.5) is 0 Å². The van der Waals surface area contributed by atoms with Crippen LogP contribution in [-0.2, 0) is 12.0 Å². The van der Waals surface area contributed by atoms with Crippen molar-refractivity contribution < 1.29 is 5.11 Å². The molecular weight excluding hydrogens is 338 g/mol. The third-order valence-corrected chi connectivity index (χ3v) is 7.67. The number of hydrogen-bond donors (Lipinski definition) is 1. The molecule has 1 aliphatic carbocycles. The molecule has 4 atom stereocenters. The van der Waals surface area contributed by atoms with E-state index in [-0.39, 0.29) is 5.92 Å². The van der Waals surface area contributed by atoms with Crippen molar-refractivity contribution in [3.8, 4) is 0 Å². The minimum atomic E-state index is -0.791. The second kappa shape index (κ2) is 7.84. The Hall–Kier alpha value is -1.16. The fourth-order valence-electron chi connectivity index (χ4n) is 5.07. The van der Waals surface area contributed by atoms with E-state index in [1.807, 2.05) is 6.07 Å². The number of nitrogens with zero attached hydrogens (tertiary/aromatic N) is 1. The molecule has 1 saturated heterocycles. The van der Waals surface area contributed by atoms with Crippen LogP contribution in [0.5, 0.6) is 0 Å². The van der Waals surface area contributed by atoms with Crippen molar-refractivity contribution in [1.82, 2.24) is 4.90 Å². The minimum absolute atomic E-state index is 0.206. The first-order valence-electron chi connectivity index (χ1n) is 10.2. The zero-order chi connectivity index (χ0) is 18.0. The zero-order valence-corrected chi connectivity index (χ0v) is 16.6. The molecule has 3 heteroatoms. The van der Waals surface area contributed by atoms with Gasteiger partial charge >= 0.3 is 0 Å². The summed E-state index contributed by atoms with van der Waals surface area (Å²) >= 11 is 1.69. The first-order valence-corrected chi connectivity index (χ1v) is 11.0. The van der Waals surface area contributed by atoms with Crippen LogP contribution in [0.3, 0.4) is 0 Å². The summed E-state index contributed by atoms with van der Waals surface area (Å²) in [5.74, 6) is 2.05. The molecule has 2 bridgehead atoms. The van der Waals surface area contributed by atoms with E-state index in [1.165, 1.54) is 44.3 Å². The van der Waals surface area contributed by atoms with Gasteiger partial charge in [0.1, 0.15) is 5.60 Å². The van der Waals surface area contributed by atoms with Crippen molar-refractivity contribution >= 4 is 11.3 Å². The highest BCUT2D eigenvalue weighted by molar-refractivity contribution is 7.10. The van der Waals surface area contributed by atoms with Crippen molar-refractivity contribution in [3.05, 3.63) is 58.3 Å². The molecule has 1 aromatic carbocycles. The molecule has 2 aliphatic rings. The Labute approximate surface area is 161 Å². The number of aliphatic hydroxyl groups is 1. The molecule has 2 nitrogen and oxygen atoms in total. The molecule has 2 aromatic rings. The number of hydrogen-bond acceptors (Lipinski definition) is 3. The summed E-state index contributed by atoms with van der Waals surface area (Å²) in [6, 6.07) is 14.6. The third-order valence-electron chi connectivity index (χ3n) is 6.63. The summed E-state index contributed by atoms with van der Waals surface area (Å²) in [5, 5.41) is 13.9. The maximum atomic E-state index is 11.8. The number of fused-ring (bicyclic) bond motifs is 2. The highest BCUT2D eigenvalue weighted by Crippen LogP contribution is 2.39. The standard InChI is InChI=1S/C23H31NOS/c1-18(16-24-12-11-19-9-10-21(14-19)17-24)23(25,22-8-5-13-26-22)15-20-6-3-2-4-7-20/h2-8,13,18-19,21,25H,9-12,14-17H2,1H3. The SMILES string of the molecule is CC(CN1CCC2CCC(C2)C1)C(O)(Cc1ccccc1)c1cccs1. The van der Waals surface area contributed by atoms with Gasteiger partial charge in [-0.1, -0.05) is 49.7 Å². The summed E-state index contributed by atoms with van der Waals surface area (Å²) < 4.78 is 0. The molecule has 1 saturated carbocycles. The van der Waals surface area contributed by atoms with Crippen LogP contribution in [0.1, 0.15) is 43.0 Å². The van der Waals surface area contributed by atoms with E-state index < -0.39 is 5.60 Å². The Morgan fingerprint density at radius 3 is 2.69 bits per heavy atom. The molecule has 26 heavy (non-hydrogen) atoms. The van der Waals surface area contributed by atoms with Gasteiger partial charge in [0.2, 0.25) is 0 Å². The van der Waals surface area contributed by atoms with Gasteiger partial charge in [0.25, 0.3) is 0 Å². The van der Waals surface area contributed by atoms with Gasteiger partial charge < -0.3 is 10.0 Å². The molecule has 4 rings (SSSR count). The molecule has 1 N–H and O–H groups in total. The average molecular weight is 370 g/mol. The van der Waals surface area contributed by atoms with Crippen molar-refractivity contribution in [2.75, 3.05) is 19.6 Å². The Morgan fingerprint density at radius 2 is 1.92 bits per heavy atom. The summed E-state index contributed by atoms with van der Waals surface area (Å²) in [4.78, 5) is 3.74. The lowest BCUT2D eigenvalue weighted by Gasteiger charge is -2.37. The van der Waals surface area contributed by atoms with Crippen molar-refractivity contribution in [2.45, 2.75) is 44.6 Å². The summed E-state index contributed by atoms with van der Waals surface area (Å²) in [7, 11) is 0. The van der Waals surface area contributed by atoms with Crippen LogP contribution in [-0.4, -0.2) is 29.6 Å². The lowest BCUT2D eigenvalue weighted by atomic mass is 9.81. The molecular formula is C23H31NOS. The second-order valence-corrected chi connectivity index (χ2v) is 9.51. The topological polar surface area (TPSA) is 23.5 Å². The van der Waals surface area contributed by atoms with Crippen LogP contribution in [0.25, 0.3) is 0 Å². The predicted molar refractivity (Wildman–Crippen MR) is 109 cm³/mol. The summed E-state index contributed by atoms with van der Waals surface area (Å²) in [5.41, 5.74) is 0.422. The molecule has 2 heterocycles. The van der Waals surface area contributed by atoms with Crippen LogP contribution < -0.4 is 0 Å². The van der Waals surface area contributed by atoms with Crippen molar-refractivity contribution in [1.29, 1.82) is 0 Å². The highest BCUT2D eigenvalue weighted by atomic mass is 32.1. The van der Waals surface area contributed by atoms with Crippen LogP contribution in [0.2, 0.25) is 0 Å². The van der Waals surface area contributed by atoms with Gasteiger partial charge in [0.05, 0.1) is 0 Å². The predicted octanol–water partition coefficient (Wildman–Crippen LogP) is 4.94. The quantitative estimate of drug-likeness (QED) is 0.780. The number of thiophene rings is 1. The zero-order valence-electron chi connectivity index (χ0n) is 15.8. The molecule has 140 valence electrons. The van der Waals surface area contributed by atoms with E-state index in [0.29, 0.717) is 6.42 Å². The number of likely N-dealkylation sites (tertiary alicyclic amines) is 1. The number of benzene rings is 1. The molecule has 0 spiro atoms. The van der Waals surface area contributed by atoms with Crippen molar-refractivity contribution in [3.63, 3.8) is 0 Å². The number of rotatable bonds is 6. The van der Waals surface area contributed by atoms with Gasteiger partial charge in [0, 0.05) is 30.3 Å². The minimum Gasteiger partial charge on any atom is -0.384 e. The first kappa shape index (κ1) is 18.2. The molecule has 1 aliphatic heterocycles. The Morgan fingerprint density at radius 1 is 1.12 bits per heavy atom. The lowest BCUT2D eigenvalue weighted by molar-refractivity contribution is -0.0279. The Balaban J connectivity index is 1.51. The molecule has 0 amide bonds. The van der Waals surface area contributed by atoms with Gasteiger partial charge in [0.15, 0.2) is 0 Å². The van der Waals surface area contributed by atoms with Gasteiger partial charge in [-0.2, -0.15) is 0 Å². The van der Waals surface area contributed by atoms with E-state index in [2.05, 4.69) is 53.6 Å². The third kappa shape index (κ3) is 3.90.